The van der Waals surface area contributed by atoms with E-state index >= 15 is 0 Å². The van der Waals surface area contributed by atoms with Crippen LogP contribution in [0, 0.1) is 6.92 Å². The third-order valence-corrected chi connectivity index (χ3v) is 5.18. The molecule has 3 aromatic rings. The molecule has 0 radical (unpaired) electrons. The maximum atomic E-state index is 12.1. The first kappa shape index (κ1) is 16.2. The quantitative estimate of drug-likeness (QED) is 0.765. The van der Waals surface area contributed by atoms with Gasteiger partial charge in [0.1, 0.15) is 11.3 Å². The van der Waals surface area contributed by atoms with Crippen molar-refractivity contribution >= 4 is 37.7 Å². The van der Waals surface area contributed by atoms with Gasteiger partial charge in [-0.15, -0.1) is 0 Å². The molecule has 3 rings (SSSR count). The molecule has 0 aliphatic carbocycles. The summed E-state index contributed by atoms with van der Waals surface area (Å²) in [5.41, 5.74) is 1.26. The normalized spacial score (nSPS) is 11.4. The van der Waals surface area contributed by atoms with E-state index in [4.69, 9.17) is 9.15 Å². The van der Waals surface area contributed by atoms with E-state index in [1.807, 2.05) is 11.6 Å². The zero-order chi connectivity index (χ0) is 17.3. The van der Waals surface area contributed by atoms with Crippen LogP contribution in [-0.2, 0) is 10.0 Å². The van der Waals surface area contributed by atoms with E-state index in [1.165, 1.54) is 30.3 Å². The molecule has 0 aliphatic heterocycles. The average molecular weight is 365 g/mol. The van der Waals surface area contributed by atoms with Gasteiger partial charge < -0.3 is 9.15 Å². The standard InChI is InChI=1S/C15H11NO6S2/c1-9-2-5-11(6-3-9)24(19,20)16-14(17)21-10-4-7-12-13(8-10)23-15(18)22-12/h2-8H,1H3,(H,16,17). The zero-order valence-electron chi connectivity index (χ0n) is 12.3. The average Bonchev–Trinajstić information content (AvgIpc) is 2.86. The number of nitrogens with one attached hydrogen (secondary N) is 1. The van der Waals surface area contributed by atoms with Crippen molar-refractivity contribution in [3.8, 4) is 5.75 Å². The van der Waals surface area contributed by atoms with E-state index < -0.39 is 21.1 Å². The van der Waals surface area contributed by atoms with Crippen LogP contribution in [0.1, 0.15) is 5.56 Å². The van der Waals surface area contributed by atoms with Crippen molar-refractivity contribution in [2.45, 2.75) is 11.8 Å². The number of aryl methyl sites for hydroxylation is 1. The molecular formula is C15H11NO6S2. The van der Waals surface area contributed by atoms with E-state index in [-0.39, 0.29) is 10.6 Å². The van der Waals surface area contributed by atoms with Crippen molar-refractivity contribution in [2.75, 3.05) is 0 Å². The van der Waals surface area contributed by atoms with Crippen LogP contribution in [0.15, 0.2) is 56.6 Å². The Morgan fingerprint density at radius 1 is 1.17 bits per heavy atom. The zero-order valence-corrected chi connectivity index (χ0v) is 13.9. The number of carbonyl (C=O) groups excluding carboxylic acids is 1. The van der Waals surface area contributed by atoms with Crippen LogP contribution in [-0.4, -0.2) is 14.5 Å². The van der Waals surface area contributed by atoms with Crippen molar-refractivity contribution in [3.63, 3.8) is 0 Å². The minimum Gasteiger partial charge on any atom is -0.414 e. The number of benzene rings is 2. The lowest BCUT2D eigenvalue weighted by molar-refractivity contribution is 0.207. The van der Waals surface area contributed by atoms with Gasteiger partial charge in [0.2, 0.25) is 0 Å². The third kappa shape index (κ3) is 3.47. The molecule has 0 atom stereocenters. The summed E-state index contributed by atoms with van der Waals surface area (Å²) in [5.74, 6) is 0.0937. The van der Waals surface area contributed by atoms with Crippen LogP contribution in [0.5, 0.6) is 5.75 Å². The second-order valence-corrected chi connectivity index (χ2v) is 7.53. The summed E-state index contributed by atoms with van der Waals surface area (Å²) in [6, 6.07) is 10.3. The molecule has 1 N–H and O–H groups in total. The highest BCUT2D eigenvalue weighted by Gasteiger charge is 2.19. The van der Waals surface area contributed by atoms with Crippen LogP contribution in [0.2, 0.25) is 0 Å². The Labute approximate surface area is 140 Å². The van der Waals surface area contributed by atoms with Gasteiger partial charge in [0.25, 0.3) is 10.0 Å². The lowest BCUT2D eigenvalue weighted by Gasteiger charge is -2.08. The second-order valence-electron chi connectivity index (χ2n) is 4.87. The number of rotatable bonds is 3. The fraction of sp³-hybridized carbons (Fsp3) is 0.0667. The van der Waals surface area contributed by atoms with Crippen molar-refractivity contribution < 1.29 is 22.4 Å². The Kier molecular flexibility index (Phi) is 4.12. The van der Waals surface area contributed by atoms with Gasteiger partial charge in [-0.05, 0) is 31.2 Å². The van der Waals surface area contributed by atoms with E-state index in [0.29, 0.717) is 10.3 Å². The molecule has 0 bridgehead atoms. The Morgan fingerprint density at radius 3 is 2.58 bits per heavy atom. The molecule has 1 heterocycles. The first-order valence-electron chi connectivity index (χ1n) is 6.68. The van der Waals surface area contributed by atoms with Crippen molar-refractivity contribution in [1.29, 1.82) is 0 Å². The molecule has 9 heteroatoms. The summed E-state index contributed by atoms with van der Waals surface area (Å²) in [5, 5.41) is 0. The largest absolute Gasteiger partial charge is 0.426 e. The summed E-state index contributed by atoms with van der Waals surface area (Å²) in [6.45, 7) is 1.82. The second kappa shape index (κ2) is 6.10. The first-order chi connectivity index (χ1) is 11.3. The molecule has 0 saturated heterocycles. The minimum atomic E-state index is -4.03. The van der Waals surface area contributed by atoms with Crippen LogP contribution in [0.4, 0.5) is 4.79 Å². The summed E-state index contributed by atoms with van der Waals surface area (Å²) in [6.07, 6.45) is -1.15. The van der Waals surface area contributed by atoms with Crippen molar-refractivity contribution in [2.24, 2.45) is 0 Å². The highest BCUT2D eigenvalue weighted by molar-refractivity contribution is 7.90. The van der Waals surface area contributed by atoms with Crippen LogP contribution >= 0.6 is 11.3 Å². The Hall–Kier alpha value is -2.65. The molecule has 2 aromatic carbocycles. The summed E-state index contributed by atoms with van der Waals surface area (Å²) < 4.78 is 36.3. The smallest absolute Gasteiger partial charge is 0.414 e. The summed E-state index contributed by atoms with van der Waals surface area (Å²) in [4.78, 5) is 22.4. The predicted molar refractivity (Wildman–Crippen MR) is 87.9 cm³/mol. The van der Waals surface area contributed by atoms with Gasteiger partial charge >= 0.3 is 11.0 Å². The molecule has 0 unspecified atom stereocenters. The summed E-state index contributed by atoms with van der Waals surface area (Å²) in [7, 11) is -4.03. The molecule has 1 aromatic heterocycles. The van der Waals surface area contributed by atoms with Gasteiger partial charge in [0, 0.05) is 6.07 Å². The van der Waals surface area contributed by atoms with Gasteiger partial charge in [-0.3, -0.25) is 0 Å². The predicted octanol–water partition coefficient (Wildman–Crippen LogP) is 2.64. The van der Waals surface area contributed by atoms with Gasteiger partial charge in [-0.25, -0.2) is 22.7 Å². The number of hydrogen-bond donors (Lipinski definition) is 1. The lowest BCUT2D eigenvalue weighted by Crippen LogP contribution is -2.33. The molecule has 0 saturated carbocycles. The highest BCUT2D eigenvalue weighted by Crippen LogP contribution is 2.23. The molecule has 24 heavy (non-hydrogen) atoms. The first-order valence-corrected chi connectivity index (χ1v) is 8.98. The molecule has 1 amide bonds. The minimum absolute atomic E-state index is 0.0476. The summed E-state index contributed by atoms with van der Waals surface area (Å²) >= 11 is 0.853. The van der Waals surface area contributed by atoms with Crippen molar-refractivity contribution in [1.82, 2.24) is 4.72 Å². The van der Waals surface area contributed by atoms with E-state index in [0.717, 1.165) is 16.9 Å². The van der Waals surface area contributed by atoms with Gasteiger partial charge in [0.05, 0.1) is 9.60 Å². The fourth-order valence-corrected chi connectivity index (χ4v) is 3.50. The molecule has 0 spiro atoms. The van der Waals surface area contributed by atoms with Gasteiger partial charge in [0.15, 0.2) is 0 Å². The number of fused-ring (bicyclic) bond motifs is 1. The number of sulfonamides is 1. The van der Waals surface area contributed by atoms with Gasteiger partial charge in [-0.2, -0.15) is 0 Å². The lowest BCUT2D eigenvalue weighted by atomic mass is 10.2. The van der Waals surface area contributed by atoms with E-state index in [9.17, 15) is 18.0 Å². The third-order valence-electron chi connectivity index (χ3n) is 3.06. The molecule has 7 nitrogen and oxygen atoms in total. The number of amides is 1. The Morgan fingerprint density at radius 2 is 1.88 bits per heavy atom. The molecule has 0 fully saturated rings. The van der Waals surface area contributed by atoms with Crippen LogP contribution < -0.4 is 14.4 Å². The monoisotopic (exact) mass is 365 g/mol. The van der Waals surface area contributed by atoms with E-state index in [2.05, 4.69) is 0 Å². The maximum absolute atomic E-state index is 12.1. The van der Waals surface area contributed by atoms with Crippen LogP contribution in [0.3, 0.4) is 0 Å². The number of hydrogen-bond acceptors (Lipinski definition) is 7. The fourth-order valence-electron chi connectivity index (χ4n) is 1.93. The van der Waals surface area contributed by atoms with Crippen molar-refractivity contribution in [3.05, 3.63) is 57.8 Å². The molecule has 124 valence electrons. The van der Waals surface area contributed by atoms with Gasteiger partial charge in [-0.1, -0.05) is 29.0 Å². The van der Waals surface area contributed by atoms with Crippen LogP contribution in [0.25, 0.3) is 10.3 Å². The SMILES string of the molecule is Cc1ccc(S(=O)(=O)NC(=O)Oc2ccc3oc(=O)sc3c2)cc1. The molecule has 0 aliphatic rings. The topological polar surface area (TPSA) is 103 Å². The molecular weight excluding hydrogens is 354 g/mol. The Bertz CT molecular complexity index is 1060. The highest BCUT2D eigenvalue weighted by atomic mass is 32.2. The Balaban J connectivity index is 1.76. The number of ether oxygens (including phenoxy) is 1. The number of carbonyl (C=O) groups is 1. The van der Waals surface area contributed by atoms with E-state index in [1.54, 1.807) is 12.1 Å². The maximum Gasteiger partial charge on any atom is 0.426 e.